The molecular weight excluding hydrogens is 418 g/mol. The SMILES string of the molecule is CC(CCc1ccccc1)Nc1nc(-c2ccc(Oc3ccccc3)cc2)nc2ccccc12. The van der Waals surface area contributed by atoms with Gasteiger partial charge < -0.3 is 10.1 Å². The van der Waals surface area contributed by atoms with Crippen LogP contribution in [-0.2, 0) is 6.42 Å². The predicted octanol–water partition coefficient (Wildman–Crippen LogP) is 7.52. The molecule has 0 radical (unpaired) electrons. The number of aromatic nitrogens is 2. The molecule has 0 aliphatic rings. The van der Waals surface area contributed by atoms with Crippen LogP contribution >= 0.6 is 0 Å². The van der Waals surface area contributed by atoms with E-state index < -0.39 is 0 Å². The second kappa shape index (κ2) is 10.2. The maximum Gasteiger partial charge on any atom is 0.162 e. The largest absolute Gasteiger partial charge is 0.457 e. The Morgan fingerprint density at radius 2 is 1.35 bits per heavy atom. The van der Waals surface area contributed by atoms with E-state index in [9.17, 15) is 0 Å². The summed E-state index contributed by atoms with van der Waals surface area (Å²) in [6.45, 7) is 2.20. The first kappa shape index (κ1) is 21.7. The Morgan fingerprint density at radius 1 is 0.706 bits per heavy atom. The molecule has 1 unspecified atom stereocenters. The van der Waals surface area contributed by atoms with E-state index >= 15 is 0 Å². The van der Waals surface area contributed by atoms with E-state index in [0.29, 0.717) is 5.82 Å². The van der Waals surface area contributed by atoms with Gasteiger partial charge in [-0.05, 0) is 73.9 Å². The Balaban J connectivity index is 1.37. The van der Waals surface area contributed by atoms with Crippen LogP contribution in [-0.4, -0.2) is 16.0 Å². The molecule has 5 aromatic rings. The van der Waals surface area contributed by atoms with Crippen molar-refractivity contribution >= 4 is 16.7 Å². The summed E-state index contributed by atoms with van der Waals surface area (Å²) < 4.78 is 5.93. The molecule has 4 aromatic carbocycles. The molecule has 34 heavy (non-hydrogen) atoms. The van der Waals surface area contributed by atoms with Gasteiger partial charge in [0.2, 0.25) is 0 Å². The fourth-order valence-corrected chi connectivity index (χ4v) is 3.95. The highest BCUT2D eigenvalue weighted by Crippen LogP contribution is 2.28. The Kier molecular flexibility index (Phi) is 6.48. The summed E-state index contributed by atoms with van der Waals surface area (Å²) in [5, 5.41) is 4.66. The quantitative estimate of drug-likeness (QED) is 0.268. The average molecular weight is 446 g/mol. The van der Waals surface area contributed by atoms with Crippen molar-refractivity contribution in [1.82, 2.24) is 9.97 Å². The number of aryl methyl sites for hydroxylation is 1. The van der Waals surface area contributed by atoms with Gasteiger partial charge in [-0.25, -0.2) is 9.97 Å². The van der Waals surface area contributed by atoms with Crippen molar-refractivity contribution in [2.24, 2.45) is 0 Å². The highest BCUT2D eigenvalue weighted by Gasteiger charge is 2.12. The molecule has 0 aliphatic carbocycles. The highest BCUT2D eigenvalue weighted by molar-refractivity contribution is 5.90. The topological polar surface area (TPSA) is 47.0 Å². The third kappa shape index (κ3) is 5.24. The summed E-state index contributed by atoms with van der Waals surface area (Å²) in [6.07, 6.45) is 2.04. The third-order valence-corrected chi connectivity index (χ3v) is 5.79. The summed E-state index contributed by atoms with van der Waals surface area (Å²) in [5.41, 5.74) is 3.23. The zero-order valence-corrected chi connectivity index (χ0v) is 19.2. The molecule has 0 bridgehead atoms. The number of hydrogen-bond acceptors (Lipinski definition) is 4. The van der Waals surface area contributed by atoms with Crippen LogP contribution in [0.5, 0.6) is 11.5 Å². The lowest BCUT2D eigenvalue weighted by molar-refractivity contribution is 0.483. The summed E-state index contributed by atoms with van der Waals surface area (Å²) in [6, 6.07) is 36.7. The lowest BCUT2D eigenvalue weighted by Gasteiger charge is -2.17. The van der Waals surface area contributed by atoms with Gasteiger partial charge in [0, 0.05) is 17.0 Å². The average Bonchev–Trinajstić information content (AvgIpc) is 2.89. The van der Waals surface area contributed by atoms with Crippen molar-refractivity contribution in [1.29, 1.82) is 0 Å². The maximum absolute atomic E-state index is 5.93. The van der Waals surface area contributed by atoms with Gasteiger partial charge in [-0.15, -0.1) is 0 Å². The Labute approximate surface area is 200 Å². The van der Waals surface area contributed by atoms with Crippen LogP contribution in [0.2, 0.25) is 0 Å². The first-order valence-electron chi connectivity index (χ1n) is 11.7. The van der Waals surface area contributed by atoms with Gasteiger partial charge in [0.05, 0.1) is 5.52 Å². The molecule has 5 rings (SSSR count). The van der Waals surface area contributed by atoms with Crippen LogP contribution < -0.4 is 10.1 Å². The standard InChI is InChI=1S/C30H27N3O/c1-22(16-17-23-10-4-2-5-11-23)31-30-27-14-8-9-15-28(27)32-29(33-30)24-18-20-26(21-19-24)34-25-12-6-3-7-13-25/h2-15,18-22H,16-17H2,1H3,(H,31,32,33). The van der Waals surface area contributed by atoms with Crippen molar-refractivity contribution in [3.8, 4) is 22.9 Å². The van der Waals surface area contributed by atoms with E-state index in [2.05, 4.69) is 48.6 Å². The fourth-order valence-electron chi connectivity index (χ4n) is 3.95. The zero-order valence-electron chi connectivity index (χ0n) is 19.2. The van der Waals surface area contributed by atoms with Crippen molar-refractivity contribution < 1.29 is 4.74 Å². The molecule has 168 valence electrons. The Morgan fingerprint density at radius 3 is 2.12 bits per heavy atom. The van der Waals surface area contributed by atoms with Gasteiger partial charge in [-0.2, -0.15) is 0 Å². The van der Waals surface area contributed by atoms with E-state index in [-0.39, 0.29) is 6.04 Å². The molecule has 4 heteroatoms. The number of nitrogens with one attached hydrogen (secondary N) is 1. The number of fused-ring (bicyclic) bond motifs is 1. The summed E-state index contributed by atoms with van der Waals surface area (Å²) in [7, 11) is 0. The summed E-state index contributed by atoms with van der Waals surface area (Å²) in [4.78, 5) is 9.75. The van der Waals surface area contributed by atoms with Gasteiger partial charge in [0.25, 0.3) is 0 Å². The van der Waals surface area contributed by atoms with Crippen molar-refractivity contribution in [2.75, 3.05) is 5.32 Å². The smallest absolute Gasteiger partial charge is 0.162 e. The molecular formula is C30H27N3O. The minimum atomic E-state index is 0.271. The van der Waals surface area contributed by atoms with Gasteiger partial charge in [-0.3, -0.25) is 0 Å². The molecule has 0 spiro atoms. The third-order valence-electron chi connectivity index (χ3n) is 5.79. The number of para-hydroxylation sites is 2. The van der Waals surface area contributed by atoms with Crippen molar-refractivity contribution in [2.45, 2.75) is 25.8 Å². The predicted molar refractivity (Wildman–Crippen MR) is 139 cm³/mol. The normalized spacial score (nSPS) is 11.8. The molecule has 1 N–H and O–H groups in total. The van der Waals surface area contributed by atoms with E-state index in [1.54, 1.807) is 0 Å². The van der Waals surface area contributed by atoms with Gasteiger partial charge in [-0.1, -0.05) is 60.7 Å². The van der Waals surface area contributed by atoms with E-state index in [1.165, 1.54) is 5.56 Å². The first-order valence-corrected chi connectivity index (χ1v) is 11.7. The molecule has 0 amide bonds. The minimum absolute atomic E-state index is 0.271. The number of nitrogens with zero attached hydrogens (tertiary/aromatic N) is 2. The second-order valence-electron chi connectivity index (χ2n) is 8.42. The van der Waals surface area contributed by atoms with Crippen LogP contribution in [0.1, 0.15) is 18.9 Å². The van der Waals surface area contributed by atoms with E-state index in [4.69, 9.17) is 14.7 Å². The molecule has 1 heterocycles. The molecule has 1 atom stereocenters. The Bertz CT molecular complexity index is 1350. The van der Waals surface area contributed by atoms with Crippen LogP contribution in [0.3, 0.4) is 0 Å². The number of rotatable bonds is 8. The molecule has 0 saturated carbocycles. The van der Waals surface area contributed by atoms with Crippen molar-refractivity contribution in [3.63, 3.8) is 0 Å². The molecule has 0 aliphatic heterocycles. The minimum Gasteiger partial charge on any atom is -0.457 e. The second-order valence-corrected chi connectivity index (χ2v) is 8.42. The number of ether oxygens (including phenoxy) is 1. The van der Waals surface area contributed by atoms with Gasteiger partial charge in [0.1, 0.15) is 17.3 Å². The zero-order chi connectivity index (χ0) is 23.2. The lowest BCUT2D eigenvalue weighted by Crippen LogP contribution is -2.17. The van der Waals surface area contributed by atoms with Crippen LogP contribution in [0.15, 0.2) is 109 Å². The molecule has 4 nitrogen and oxygen atoms in total. The highest BCUT2D eigenvalue weighted by atomic mass is 16.5. The van der Waals surface area contributed by atoms with Gasteiger partial charge in [0.15, 0.2) is 5.82 Å². The van der Waals surface area contributed by atoms with E-state index in [0.717, 1.165) is 46.6 Å². The molecule has 0 saturated heterocycles. The number of hydrogen-bond donors (Lipinski definition) is 1. The fraction of sp³-hybridized carbons (Fsp3) is 0.133. The first-order chi connectivity index (χ1) is 16.7. The Hall–Kier alpha value is -4.18. The number of benzene rings is 4. The maximum atomic E-state index is 5.93. The number of anilines is 1. The van der Waals surface area contributed by atoms with Crippen molar-refractivity contribution in [3.05, 3.63) is 115 Å². The summed E-state index contributed by atoms with van der Waals surface area (Å²) >= 11 is 0. The van der Waals surface area contributed by atoms with Crippen LogP contribution in [0.4, 0.5) is 5.82 Å². The monoisotopic (exact) mass is 445 g/mol. The molecule has 1 aromatic heterocycles. The van der Waals surface area contributed by atoms with Crippen LogP contribution in [0, 0.1) is 0 Å². The molecule has 0 fully saturated rings. The summed E-state index contributed by atoms with van der Waals surface area (Å²) in [5.74, 6) is 3.16. The van der Waals surface area contributed by atoms with E-state index in [1.807, 2.05) is 72.8 Å². The van der Waals surface area contributed by atoms with Crippen LogP contribution in [0.25, 0.3) is 22.3 Å². The van der Waals surface area contributed by atoms with Gasteiger partial charge >= 0.3 is 0 Å². The lowest BCUT2D eigenvalue weighted by atomic mass is 10.1.